The highest BCUT2D eigenvalue weighted by Crippen LogP contribution is 2.17. The molecule has 0 aliphatic rings. The molecule has 1 aromatic carbocycles. The van der Waals surface area contributed by atoms with E-state index in [0.717, 1.165) is 5.56 Å². The number of hydrogen-bond donors (Lipinski definition) is 1. The van der Waals surface area contributed by atoms with E-state index >= 15 is 0 Å². The van der Waals surface area contributed by atoms with Gasteiger partial charge in [-0.2, -0.15) is 0 Å². The number of hydrogen-bond acceptors (Lipinski definition) is 3. The number of benzene rings is 1. The van der Waals surface area contributed by atoms with Gasteiger partial charge in [0.05, 0.1) is 0 Å². The third kappa shape index (κ3) is 3.76. The third-order valence-electron chi connectivity index (χ3n) is 2.56. The number of rotatable bonds is 5. The number of aromatic nitrogens is 1. The van der Waals surface area contributed by atoms with Gasteiger partial charge in [0, 0.05) is 12.7 Å². The minimum absolute atomic E-state index is 0.00438. The van der Waals surface area contributed by atoms with Crippen LogP contribution >= 0.6 is 11.6 Å². The predicted octanol–water partition coefficient (Wildman–Crippen LogP) is 2.26. The molecule has 0 atom stereocenters. The zero-order chi connectivity index (χ0) is 13.7. The Bertz CT molecular complexity index is 645. The molecular weight excluding hydrogens is 284 g/mol. The Morgan fingerprint density at radius 2 is 1.84 bits per heavy atom. The summed E-state index contributed by atoms with van der Waals surface area (Å²) in [5, 5.41) is -0.0188. The van der Waals surface area contributed by atoms with E-state index in [4.69, 9.17) is 11.6 Å². The molecule has 2 aromatic rings. The van der Waals surface area contributed by atoms with Crippen LogP contribution in [0.3, 0.4) is 0 Å². The van der Waals surface area contributed by atoms with E-state index < -0.39 is 10.0 Å². The lowest BCUT2D eigenvalue weighted by molar-refractivity contribution is 0.581. The van der Waals surface area contributed by atoms with Crippen LogP contribution < -0.4 is 4.72 Å². The molecule has 1 heterocycles. The van der Waals surface area contributed by atoms with Crippen LogP contribution in [0.2, 0.25) is 5.15 Å². The lowest BCUT2D eigenvalue weighted by Crippen LogP contribution is -2.26. The average molecular weight is 297 g/mol. The maximum absolute atomic E-state index is 12.0. The van der Waals surface area contributed by atoms with Crippen molar-refractivity contribution >= 4 is 21.6 Å². The molecular formula is C13H13ClN2O2S. The number of nitrogens with zero attached hydrogens (tertiary/aromatic N) is 1. The Hall–Kier alpha value is -1.43. The van der Waals surface area contributed by atoms with Gasteiger partial charge in [-0.15, -0.1) is 0 Å². The van der Waals surface area contributed by atoms with E-state index in [1.165, 1.54) is 18.3 Å². The van der Waals surface area contributed by atoms with Gasteiger partial charge in [0.25, 0.3) is 0 Å². The topological polar surface area (TPSA) is 59.1 Å². The summed E-state index contributed by atoms with van der Waals surface area (Å²) in [6, 6.07) is 12.6. The van der Waals surface area contributed by atoms with Gasteiger partial charge >= 0.3 is 0 Å². The van der Waals surface area contributed by atoms with Gasteiger partial charge in [-0.1, -0.05) is 41.9 Å². The summed E-state index contributed by atoms with van der Waals surface area (Å²) in [6.45, 7) is 0.317. The maximum Gasteiger partial charge on any atom is 0.243 e. The van der Waals surface area contributed by atoms with E-state index in [1.807, 2.05) is 30.3 Å². The van der Waals surface area contributed by atoms with Gasteiger partial charge in [0.2, 0.25) is 10.0 Å². The standard InChI is InChI=1S/C13H13ClN2O2S/c14-13-12(7-4-9-15-13)19(17,18)16-10-8-11-5-2-1-3-6-11/h1-7,9,16H,8,10H2. The highest BCUT2D eigenvalue weighted by Gasteiger charge is 2.17. The fourth-order valence-electron chi connectivity index (χ4n) is 1.62. The second-order valence-electron chi connectivity index (χ2n) is 3.93. The van der Waals surface area contributed by atoms with Crippen LogP contribution in [-0.4, -0.2) is 19.9 Å². The van der Waals surface area contributed by atoms with Gasteiger partial charge < -0.3 is 0 Å². The Balaban J connectivity index is 2.01. The maximum atomic E-state index is 12.0. The van der Waals surface area contributed by atoms with Crippen molar-refractivity contribution in [3.05, 3.63) is 59.4 Å². The van der Waals surface area contributed by atoms with Crippen molar-refractivity contribution < 1.29 is 8.42 Å². The zero-order valence-corrected chi connectivity index (χ0v) is 11.7. The predicted molar refractivity (Wildman–Crippen MR) is 74.6 cm³/mol. The van der Waals surface area contributed by atoms with Gasteiger partial charge in [-0.05, 0) is 24.1 Å². The monoisotopic (exact) mass is 296 g/mol. The molecule has 0 saturated carbocycles. The summed E-state index contributed by atoms with van der Waals surface area (Å²) >= 11 is 5.77. The SMILES string of the molecule is O=S(=O)(NCCc1ccccc1)c1cccnc1Cl. The molecule has 19 heavy (non-hydrogen) atoms. The molecule has 0 saturated heterocycles. The van der Waals surface area contributed by atoms with E-state index in [9.17, 15) is 8.42 Å². The number of halogens is 1. The van der Waals surface area contributed by atoms with Crippen LogP contribution in [0.4, 0.5) is 0 Å². The Morgan fingerprint density at radius 3 is 2.53 bits per heavy atom. The molecule has 6 heteroatoms. The van der Waals surface area contributed by atoms with Crippen LogP contribution in [0.25, 0.3) is 0 Å². The summed E-state index contributed by atoms with van der Waals surface area (Å²) in [5.41, 5.74) is 1.07. The summed E-state index contributed by atoms with van der Waals surface area (Å²) in [7, 11) is -3.61. The quantitative estimate of drug-likeness (QED) is 0.861. The van der Waals surface area contributed by atoms with Gasteiger partial charge in [0.15, 0.2) is 0 Å². The molecule has 0 spiro atoms. The normalized spacial score (nSPS) is 11.4. The van der Waals surface area contributed by atoms with Crippen molar-refractivity contribution in [1.29, 1.82) is 0 Å². The second kappa shape index (κ2) is 6.14. The fraction of sp³-hybridized carbons (Fsp3) is 0.154. The number of pyridine rings is 1. The molecule has 0 unspecified atom stereocenters. The highest BCUT2D eigenvalue weighted by atomic mass is 35.5. The van der Waals surface area contributed by atoms with Crippen molar-refractivity contribution in [3.8, 4) is 0 Å². The van der Waals surface area contributed by atoms with E-state index in [-0.39, 0.29) is 10.0 Å². The largest absolute Gasteiger partial charge is 0.243 e. The van der Waals surface area contributed by atoms with Crippen LogP contribution in [0.15, 0.2) is 53.6 Å². The summed E-state index contributed by atoms with van der Waals surface area (Å²) in [5.74, 6) is 0. The molecule has 0 fully saturated rings. The molecule has 0 amide bonds. The minimum atomic E-state index is -3.61. The Morgan fingerprint density at radius 1 is 1.11 bits per heavy atom. The Kier molecular flexibility index (Phi) is 4.52. The average Bonchev–Trinajstić information content (AvgIpc) is 2.40. The van der Waals surface area contributed by atoms with E-state index in [1.54, 1.807) is 0 Å². The zero-order valence-electron chi connectivity index (χ0n) is 10.1. The summed E-state index contributed by atoms with van der Waals surface area (Å²) in [6.07, 6.45) is 2.07. The summed E-state index contributed by atoms with van der Waals surface area (Å²) < 4.78 is 26.5. The van der Waals surface area contributed by atoms with Gasteiger partial charge in [-0.25, -0.2) is 18.1 Å². The van der Waals surface area contributed by atoms with Crippen molar-refractivity contribution in [2.75, 3.05) is 6.54 Å². The first-order valence-corrected chi connectivity index (χ1v) is 7.60. The molecule has 1 aromatic heterocycles. The molecule has 0 radical (unpaired) electrons. The highest BCUT2D eigenvalue weighted by molar-refractivity contribution is 7.89. The molecule has 1 N–H and O–H groups in total. The van der Waals surface area contributed by atoms with Crippen LogP contribution in [0.5, 0.6) is 0 Å². The molecule has 0 aliphatic heterocycles. The van der Waals surface area contributed by atoms with Crippen LogP contribution in [0.1, 0.15) is 5.56 Å². The van der Waals surface area contributed by atoms with Crippen LogP contribution in [-0.2, 0) is 16.4 Å². The van der Waals surface area contributed by atoms with E-state index in [0.29, 0.717) is 13.0 Å². The van der Waals surface area contributed by atoms with Crippen molar-refractivity contribution in [1.82, 2.24) is 9.71 Å². The van der Waals surface area contributed by atoms with Gasteiger partial charge in [0.1, 0.15) is 10.0 Å². The first-order valence-electron chi connectivity index (χ1n) is 5.74. The lowest BCUT2D eigenvalue weighted by atomic mass is 10.2. The molecule has 2 rings (SSSR count). The van der Waals surface area contributed by atoms with E-state index in [2.05, 4.69) is 9.71 Å². The summed E-state index contributed by atoms with van der Waals surface area (Å²) in [4.78, 5) is 3.76. The lowest BCUT2D eigenvalue weighted by Gasteiger charge is -2.07. The van der Waals surface area contributed by atoms with Crippen molar-refractivity contribution in [3.63, 3.8) is 0 Å². The van der Waals surface area contributed by atoms with Crippen molar-refractivity contribution in [2.45, 2.75) is 11.3 Å². The fourth-order valence-corrected chi connectivity index (χ4v) is 3.11. The third-order valence-corrected chi connectivity index (χ3v) is 4.47. The Labute approximate surface area is 117 Å². The second-order valence-corrected chi connectivity index (χ2v) is 6.02. The smallest absolute Gasteiger partial charge is 0.243 e. The first kappa shape index (κ1) is 14.0. The van der Waals surface area contributed by atoms with Crippen LogP contribution in [0, 0.1) is 0 Å². The first-order chi connectivity index (χ1) is 9.09. The van der Waals surface area contributed by atoms with Gasteiger partial charge in [-0.3, -0.25) is 0 Å². The number of nitrogens with one attached hydrogen (secondary N) is 1. The van der Waals surface area contributed by atoms with Crippen molar-refractivity contribution in [2.24, 2.45) is 0 Å². The molecule has 0 aliphatic carbocycles. The molecule has 4 nitrogen and oxygen atoms in total. The minimum Gasteiger partial charge on any atom is -0.243 e. The number of sulfonamides is 1. The molecule has 100 valence electrons. The molecule has 0 bridgehead atoms.